The lowest BCUT2D eigenvalue weighted by molar-refractivity contribution is -0.139. The number of hydrogen-bond donors (Lipinski definition) is 0. The molecule has 5 nitrogen and oxygen atoms in total. The average Bonchev–Trinajstić information content (AvgIpc) is 2.54. The van der Waals surface area contributed by atoms with Crippen LogP contribution in [0, 0.1) is 5.82 Å². The highest BCUT2D eigenvalue weighted by Gasteiger charge is 2.24. The third kappa shape index (κ3) is 5.03. The molecule has 126 valence electrons. The van der Waals surface area contributed by atoms with Crippen LogP contribution in [-0.4, -0.2) is 73.3 Å². The third-order valence-corrected chi connectivity index (χ3v) is 4.06. The number of benzene rings is 1. The van der Waals surface area contributed by atoms with Crippen molar-refractivity contribution in [3.05, 3.63) is 35.6 Å². The summed E-state index contributed by atoms with van der Waals surface area (Å²) in [6, 6.07) is 6.34. The van der Waals surface area contributed by atoms with Gasteiger partial charge < -0.3 is 14.7 Å². The van der Waals surface area contributed by atoms with E-state index < -0.39 is 0 Å². The summed E-state index contributed by atoms with van der Waals surface area (Å²) in [5.41, 5.74) is 0.419. The Hall–Kier alpha value is -1.95. The van der Waals surface area contributed by atoms with E-state index in [1.807, 2.05) is 19.0 Å². The van der Waals surface area contributed by atoms with Crippen molar-refractivity contribution < 1.29 is 14.0 Å². The fourth-order valence-electron chi connectivity index (χ4n) is 2.60. The summed E-state index contributed by atoms with van der Waals surface area (Å²) in [6.45, 7) is 2.86. The molecule has 1 aliphatic rings. The van der Waals surface area contributed by atoms with E-state index in [4.69, 9.17) is 0 Å². The second-order valence-electron chi connectivity index (χ2n) is 6.08. The predicted molar refractivity (Wildman–Crippen MR) is 86.4 cm³/mol. The Morgan fingerprint density at radius 2 is 1.61 bits per heavy atom. The van der Waals surface area contributed by atoms with Crippen LogP contribution >= 0.6 is 0 Å². The highest BCUT2D eigenvalue weighted by atomic mass is 19.1. The van der Waals surface area contributed by atoms with Crippen molar-refractivity contribution in [1.82, 2.24) is 14.7 Å². The molecule has 0 radical (unpaired) electrons. The molecule has 0 bridgehead atoms. The molecule has 0 N–H and O–H groups in total. The highest BCUT2D eigenvalue weighted by Crippen LogP contribution is 2.11. The molecular formula is C17H24FN3O2. The summed E-state index contributed by atoms with van der Waals surface area (Å²) in [5.74, 6) is -0.311. The van der Waals surface area contributed by atoms with Crippen molar-refractivity contribution >= 4 is 11.8 Å². The molecule has 6 heteroatoms. The minimum Gasteiger partial charge on any atom is -0.339 e. The Balaban J connectivity index is 1.81. The van der Waals surface area contributed by atoms with Crippen LogP contribution in [0.1, 0.15) is 12.0 Å². The van der Waals surface area contributed by atoms with Crippen molar-refractivity contribution in [2.45, 2.75) is 12.8 Å². The molecule has 0 saturated carbocycles. The van der Waals surface area contributed by atoms with Crippen LogP contribution in [0.15, 0.2) is 24.3 Å². The van der Waals surface area contributed by atoms with Crippen LogP contribution in [0.4, 0.5) is 4.39 Å². The van der Waals surface area contributed by atoms with Crippen molar-refractivity contribution in [3.8, 4) is 0 Å². The molecule has 1 heterocycles. The second-order valence-corrected chi connectivity index (χ2v) is 6.08. The van der Waals surface area contributed by atoms with Gasteiger partial charge in [0.2, 0.25) is 11.8 Å². The van der Waals surface area contributed by atoms with E-state index in [9.17, 15) is 14.0 Å². The normalized spacial score (nSPS) is 15.1. The van der Waals surface area contributed by atoms with E-state index >= 15 is 0 Å². The second kappa shape index (κ2) is 8.06. The van der Waals surface area contributed by atoms with E-state index in [-0.39, 0.29) is 24.1 Å². The van der Waals surface area contributed by atoms with Gasteiger partial charge in [0.1, 0.15) is 5.82 Å². The third-order valence-electron chi connectivity index (χ3n) is 4.06. The smallest absolute Gasteiger partial charge is 0.227 e. The number of halogens is 1. The largest absolute Gasteiger partial charge is 0.339 e. The maximum atomic E-state index is 13.6. The van der Waals surface area contributed by atoms with Gasteiger partial charge in [-0.15, -0.1) is 0 Å². The average molecular weight is 321 g/mol. The van der Waals surface area contributed by atoms with Gasteiger partial charge in [0.05, 0.1) is 6.42 Å². The quantitative estimate of drug-likeness (QED) is 0.812. The van der Waals surface area contributed by atoms with Gasteiger partial charge in [-0.1, -0.05) is 18.2 Å². The molecule has 23 heavy (non-hydrogen) atoms. The van der Waals surface area contributed by atoms with Crippen LogP contribution < -0.4 is 0 Å². The SMILES string of the molecule is CN(C)CCC(=O)N1CCN(C(=O)Cc2ccccc2F)CC1. The number of rotatable bonds is 5. The first-order valence-corrected chi connectivity index (χ1v) is 7.91. The molecule has 1 aromatic carbocycles. The fourth-order valence-corrected chi connectivity index (χ4v) is 2.60. The first-order valence-electron chi connectivity index (χ1n) is 7.91. The van der Waals surface area contributed by atoms with Gasteiger partial charge in [-0.3, -0.25) is 9.59 Å². The molecule has 1 aromatic rings. The summed E-state index contributed by atoms with van der Waals surface area (Å²) in [5, 5.41) is 0. The summed E-state index contributed by atoms with van der Waals surface area (Å²) < 4.78 is 13.6. The lowest BCUT2D eigenvalue weighted by Crippen LogP contribution is -2.51. The van der Waals surface area contributed by atoms with E-state index in [2.05, 4.69) is 0 Å². The molecular weight excluding hydrogens is 297 g/mol. The molecule has 2 rings (SSSR count). The van der Waals surface area contributed by atoms with Crippen molar-refractivity contribution in [2.75, 3.05) is 46.8 Å². The lowest BCUT2D eigenvalue weighted by Gasteiger charge is -2.35. The molecule has 0 unspecified atom stereocenters. The van der Waals surface area contributed by atoms with E-state index in [0.717, 1.165) is 6.54 Å². The van der Waals surface area contributed by atoms with Crippen molar-refractivity contribution in [1.29, 1.82) is 0 Å². The monoisotopic (exact) mass is 321 g/mol. The molecule has 1 aliphatic heterocycles. The number of carbonyl (C=O) groups is 2. The Morgan fingerprint density at radius 1 is 1.04 bits per heavy atom. The van der Waals surface area contributed by atoms with Gasteiger partial charge in [0.25, 0.3) is 0 Å². The number of piperazine rings is 1. The minimum absolute atomic E-state index is 0.0707. The van der Waals surface area contributed by atoms with Crippen molar-refractivity contribution in [3.63, 3.8) is 0 Å². The molecule has 0 aliphatic carbocycles. The number of amides is 2. The standard InChI is InChI=1S/C17H24FN3O2/c1-19(2)8-7-16(22)20-9-11-21(12-10-20)17(23)13-14-5-3-4-6-15(14)18/h3-6H,7-13H2,1-2H3. The number of nitrogens with zero attached hydrogens (tertiary/aromatic N) is 3. The van der Waals surface area contributed by atoms with Crippen LogP contribution in [0.5, 0.6) is 0 Å². The zero-order valence-corrected chi connectivity index (χ0v) is 13.8. The molecule has 1 saturated heterocycles. The molecule has 0 atom stereocenters. The summed E-state index contributed by atoms with van der Waals surface area (Å²) in [7, 11) is 3.87. The molecule has 2 amide bonds. The maximum absolute atomic E-state index is 13.6. The first kappa shape index (κ1) is 17.4. The van der Waals surface area contributed by atoms with Crippen LogP contribution in [0.3, 0.4) is 0 Å². The predicted octanol–water partition coefficient (Wildman–Crippen LogP) is 0.991. The molecule has 0 aromatic heterocycles. The highest BCUT2D eigenvalue weighted by molar-refractivity contribution is 5.80. The van der Waals surface area contributed by atoms with Gasteiger partial charge in [-0.05, 0) is 25.7 Å². The van der Waals surface area contributed by atoms with Crippen LogP contribution in [0.25, 0.3) is 0 Å². The fraction of sp³-hybridized carbons (Fsp3) is 0.529. The van der Waals surface area contributed by atoms with Gasteiger partial charge in [-0.25, -0.2) is 4.39 Å². The maximum Gasteiger partial charge on any atom is 0.227 e. The van der Waals surface area contributed by atoms with E-state index in [1.54, 1.807) is 28.0 Å². The van der Waals surface area contributed by atoms with Gasteiger partial charge in [0, 0.05) is 39.1 Å². The Morgan fingerprint density at radius 3 is 2.17 bits per heavy atom. The molecule has 0 spiro atoms. The first-order chi connectivity index (χ1) is 11.0. The topological polar surface area (TPSA) is 43.9 Å². The van der Waals surface area contributed by atoms with E-state index in [0.29, 0.717) is 38.2 Å². The Bertz CT molecular complexity index is 555. The van der Waals surface area contributed by atoms with Crippen LogP contribution in [0.2, 0.25) is 0 Å². The zero-order chi connectivity index (χ0) is 16.8. The Labute approximate surface area is 136 Å². The van der Waals surface area contributed by atoms with Gasteiger partial charge in [-0.2, -0.15) is 0 Å². The summed E-state index contributed by atoms with van der Waals surface area (Å²) in [4.78, 5) is 29.8. The minimum atomic E-state index is -0.349. The van der Waals surface area contributed by atoms with Crippen LogP contribution in [-0.2, 0) is 16.0 Å². The summed E-state index contributed by atoms with van der Waals surface area (Å²) >= 11 is 0. The zero-order valence-electron chi connectivity index (χ0n) is 13.8. The lowest BCUT2D eigenvalue weighted by atomic mass is 10.1. The summed E-state index contributed by atoms with van der Waals surface area (Å²) in [6.07, 6.45) is 0.567. The van der Waals surface area contributed by atoms with Crippen molar-refractivity contribution in [2.24, 2.45) is 0 Å². The Kier molecular flexibility index (Phi) is 6.10. The van der Waals surface area contributed by atoms with E-state index in [1.165, 1.54) is 6.07 Å². The van der Waals surface area contributed by atoms with Gasteiger partial charge in [0.15, 0.2) is 0 Å². The van der Waals surface area contributed by atoms with Gasteiger partial charge >= 0.3 is 0 Å². The number of carbonyl (C=O) groups excluding carboxylic acids is 2. The number of hydrogen-bond acceptors (Lipinski definition) is 3. The molecule has 1 fully saturated rings.